The second-order valence-corrected chi connectivity index (χ2v) is 4.78. The van der Waals surface area contributed by atoms with Crippen LogP contribution in [0.5, 0.6) is 0 Å². The van der Waals surface area contributed by atoms with Gasteiger partial charge >= 0.3 is 0 Å². The van der Waals surface area contributed by atoms with Gasteiger partial charge in [-0.2, -0.15) is 0 Å². The molecule has 9 N–H and O–H groups in total. The summed E-state index contributed by atoms with van der Waals surface area (Å²) in [5.74, 6) is 1.31. The van der Waals surface area contributed by atoms with Crippen LogP contribution in [0.3, 0.4) is 0 Å². The van der Waals surface area contributed by atoms with Gasteiger partial charge in [0.05, 0.1) is 18.5 Å². The molecule has 8 nitrogen and oxygen atoms in total. The van der Waals surface area contributed by atoms with Gasteiger partial charge in [0.1, 0.15) is 17.4 Å². The number of amides is 1. The van der Waals surface area contributed by atoms with Crippen molar-refractivity contribution in [2.75, 3.05) is 30.4 Å². The molecule has 0 bridgehead atoms. The van der Waals surface area contributed by atoms with Crippen LogP contribution in [0, 0.1) is 0 Å². The molecule has 126 valence electrons. The van der Waals surface area contributed by atoms with Crippen LogP contribution >= 0.6 is 0 Å². The van der Waals surface area contributed by atoms with Crippen LogP contribution < -0.4 is 28.3 Å². The molecular formula is C15H24N6O2. The first-order chi connectivity index (χ1) is 11.0. The smallest absolute Gasteiger partial charge is 0.226 e. The van der Waals surface area contributed by atoms with E-state index in [9.17, 15) is 4.79 Å². The summed E-state index contributed by atoms with van der Waals surface area (Å²) in [6.45, 7) is 0.302. The van der Waals surface area contributed by atoms with Gasteiger partial charge in [0.15, 0.2) is 0 Å². The third-order valence-electron chi connectivity index (χ3n) is 3.00. The summed E-state index contributed by atoms with van der Waals surface area (Å²) in [6, 6.07) is 3.17. The zero-order chi connectivity index (χ0) is 17.2. The van der Waals surface area contributed by atoms with Crippen molar-refractivity contribution in [1.29, 1.82) is 0 Å². The second kappa shape index (κ2) is 9.31. The van der Waals surface area contributed by atoms with Crippen molar-refractivity contribution in [3.05, 3.63) is 35.7 Å². The number of hydrogen-bond acceptors (Lipinski definition) is 7. The highest BCUT2D eigenvalue weighted by molar-refractivity contribution is 5.90. The fraction of sp³-hybridized carbons (Fsp3) is 0.333. The molecule has 0 atom stereocenters. The van der Waals surface area contributed by atoms with E-state index in [1.54, 1.807) is 19.2 Å². The Labute approximate surface area is 135 Å². The number of methoxy groups -OCH3 is 1. The van der Waals surface area contributed by atoms with Crippen LogP contribution in [0.1, 0.15) is 19.3 Å². The largest absolute Gasteiger partial charge is 0.499 e. The first-order valence-electron chi connectivity index (χ1n) is 7.19. The Morgan fingerprint density at radius 1 is 1.35 bits per heavy atom. The highest BCUT2D eigenvalue weighted by Crippen LogP contribution is 2.15. The molecule has 0 fully saturated rings. The molecule has 1 aromatic rings. The normalized spacial score (nSPS) is 13.1. The van der Waals surface area contributed by atoms with Gasteiger partial charge in [-0.05, 0) is 24.6 Å². The highest BCUT2D eigenvalue weighted by Gasteiger charge is 2.04. The number of rotatable bonds is 4. The number of aromatic nitrogens is 1. The first-order valence-corrected chi connectivity index (χ1v) is 7.19. The lowest BCUT2D eigenvalue weighted by molar-refractivity contribution is -0.116. The Morgan fingerprint density at radius 3 is 2.61 bits per heavy atom. The van der Waals surface area contributed by atoms with Gasteiger partial charge in [-0.15, -0.1) is 0 Å². The van der Waals surface area contributed by atoms with Crippen LogP contribution in [-0.4, -0.2) is 24.5 Å². The molecule has 0 spiro atoms. The molecule has 1 aliphatic carbocycles. The van der Waals surface area contributed by atoms with Crippen molar-refractivity contribution in [2.45, 2.75) is 19.3 Å². The number of pyridine rings is 1. The van der Waals surface area contributed by atoms with Gasteiger partial charge < -0.3 is 33.0 Å². The SMILES string of the molecule is COC1=C(N)C=CCC1.NCCC(=O)Nc1ccc(N)c(N)n1. The summed E-state index contributed by atoms with van der Waals surface area (Å²) in [4.78, 5) is 15.0. The van der Waals surface area contributed by atoms with Crippen molar-refractivity contribution in [1.82, 2.24) is 4.98 Å². The van der Waals surface area contributed by atoms with E-state index in [0.717, 1.165) is 24.3 Å². The Balaban J connectivity index is 0.000000253. The fourth-order valence-corrected chi connectivity index (χ4v) is 1.77. The maximum atomic E-state index is 11.1. The van der Waals surface area contributed by atoms with E-state index in [4.69, 9.17) is 27.7 Å². The molecule has 0 aliphatic heterocycles. The Bertz CT molecular complexity index is 598. The van der Waals surface area contributed by atoms with Gasteiger partial charge in [0.2, 0.25) is 5.91 Å². The molecule has 8 heteroatoms. The number of nitrogen functional groups attached to an aromatic ring is 2. The zero-order valence-electron chi connectivity index (χ0n) is 13.2. The summed E-state index contributed by atoms with van der Waals surface area (Å²) in [5.41, 5.74) is 22.8. The minimum Gasteiger partial charge on any atom is -0.499 e. The summed E-state index contributed by atoms with van der Waals surface area (Å²) >= 11 is 0. The number of carbonyl (C=O) groups is 1. The molecule has 0 radical (unpaired) electrons. The monoisotopic (exact) mass is 320 g/mol. The molecular weight excluding hydrogens is 296 g/mol. The van der Waals surface area contributed by atoms with Crippen LogP contribution in [0.15, 0.2) is 35.7 Å². The lowest BCUT2D eigenvalue weighted by atomic mass is 10.1. The van der Waals surface area contributed by atoms with Gasteiger partial charge in [-0.25, -0.2) is 4.98 Å². The Morgan fingerprint density at radius 2 is 2.09 bits per heavy atom. The van der Waals surface area contributed by atoms with Crippen molar-refractivity contribution in [2.24, 2.45) is 11.5 Å². The van der Waals surface area contributed by atoms with Gasteiger partial charge in [0, 0.05) is 19.4 Å². The first kappa shape index (κ1) is 18.3. The predicted molar refractivity (Wildman–Crippen MR) is 92.0 cm³/mol. The summed E-state index contributed by atoms with van der Waals surface area (Å²) < 4.78 is 5.01. The fourth-order valence-electron chi connectivity index (χ4n) is 1.77. The van der Waals surface area contributed by atoms with Crippen LogP contribution in [-0.2, 0) is 9.53 Å². The van der Waals surface area contributed by atoms with E-state index in [0.29, 0.717) is 18.1 Å². The number of nitrogens with two attached hydrogens (primary N) is 4. The van der Waals surface area contributed by atoms with E-state index in [1.165, 1.54) is 0 Å². The van der Waals surface area contributed by atoms with E-state index in [2.05, 4.69) is 16.4 Å². The molecule has 23 heavy (non-hydrogen) atoms. The molecule has 2 rings (SSSR count). The molecule has 0 saturated heterocycles. The molecule has 0 saturated carbocycles. The standard InChI is InChI=1S/C8H13N5O.C7H11NO/c9-4-3-7(14)12-6-2-1-5(10)8(11)13-6;1-9-7-5-3-2-4-6(7)8/h1-2H,3-4,9-10H2,(H3,11,12,13,14);2,4H,3,5,8H2,1H3. The minimum absolute atomic E-state index is 0.191. The lowest BCUT2D eigenvalue weighted by Gasteiger charge is -2.10. The number of ether oxygens (including phenoxy) is 1. The predicted octanol–water partition coefficient (Wildman–Crippen LogP) is 0.686. The van der Waals surface area contributed by atoms with Crippen molar-refractivity contribution >= 4 is 23.2 Å². The van der Waals surface area contributed by atoms with E-state index >= 15 is 0 Å². The zero-order valence-corrected chi connectivity index (χ0v) is 13.2. The maximum absolute atomic E-state index is 11.1. The van der Waals surface area contributed by atoms with Crippen molar-refractivity contribution in [3.63, 3.8) is 0 Å². The van der Waals surface area contributed by atoms with Gasteiger partial charge in [-0.3, -0.25) is 4.79 Å². The summed E-state index contributed by atoms with van der Waals surface area (Å²) in [6.07, 6.45) is 6.19. The molecule has 0 aromatic carbocycles. The molecule has 1 amide bonds. The van der Waals surface area contributed by atoms with Crippen LogP contribution in [0.4, 0.5) is 17.3 Å². The van der Waals surface area contributed by atoms with Crippen LogP contribution in [0.25, 0.3) is 0 Å². The van der Waals surface area contributed by atoms with Crippen LogP contribution in [0.2, 0.25) is 0 Å². The second-order valence-electron chi connectivity index (χ2n) is 4.78. The lowest BCUT2D eigenvalue weighted by Crippen LogP contribution is -2.17. The van der Waals surface area contributed by atoms with Gasteiger partial charge in [0.25, 0.3) is 0 Å². The highest BCUT2D eigenvalue weighted by atomic mass is 16.5. The number of nitrogens with zero attached hydrogens (tertiary/aromatic N) is 1. The topological polar surface area (TPSA) is 155 Å². The molecule has 0 unspecified atom stereocenters. The minimum atomic E-state index is -0.191. The number of nitrogens with one attached hydrogen (secondary N) is 1. The van der Waals surface area contributed by atoms with E-state index in [1.807, 2.05) is 6.08 Å². The number of carbonyl (C=O) groups excluding carboxylic acids is 1. The maximum Gasteiger partial charge on any atom is 0.226 e. The molecule has 1 aliphatic rings. The Hall–Kier alpha value is -2.74. The average Bonchev–Trinajstić information content (AvgIpc) is 2.52. The number of allylic oxidation sites excluding steroid dienone is 3. The Kier molecular flexibility index (Phi) is 7.41. The average molecular weight is 320 g/mol. The third kappa shape index (κ3) is 6.27. The van der Waals surface area contributed by atoms with E-state index in [-0.39, 0.29) is 18.1 Å². The third-order valence-corrected chi connectivity index (χ3v) is 3.00. The summed E-state index contributed by atoms with van der Waals surface area (Å²) in [5, 5.41) is 2.55. The van der Waals surface area contributed by atoms with E-state index < -0.39 is 0 Å². The number of anilines is 3. The van der Waals surface area contributed by atoms with Crippen molar-refractivity contribution < 1.29 is 9.53 Å². The summed E-state index contributed by atoms with van der Waals surface area (Å²) in [7, 11) is 1.65. The van der Waals surface area contributed by atoms with Crippen molar-refractivity contribution in [3.8, 4) is 0 Å². The van der Waals surface area contributed by atoms with Gasteiger partial charge in [-0.1, -0.05) is 6.08 Å². The quantitative estimate of drug-likeness (QED) is 0.546. The molecule has 1 aromatic heterocycles. The number of hydrogen-bond donors (Lipinski definition) is 5. The molecule has 1 heterocycles.